The molecule has 104 valence electrons. The predicted octanol–water partition coefficient (Wildman–Crippen LogP) is 1.27. The molecule has 8 heteroatoms. The largest absolute Gasteiger partial charge is 0.331 e. The van der Waals surface area contributed by atoms with Gasteiger partial charge in [0.2, 0.25) is 0 Å². The quantitative estimate of drug-likeness (QED) is 0.622. The minimum absolute atomic E-state index is 0.0331. The Labute approximate surface area is 121 Å². The van der Waals surface area contributed by atoms with Crippen molar-refractivity contribution in [2.45, 2.75) is 6.54 Å². The summed E-state index contributed by atoms with van der Waals surface area (Å²) in [6.45, 7) is -0.0331. The minimum atomic E-state index is -0.528. The van der Waals surface area contributed by atoms with Gasteiger partial charge < -0.3 is 4.57 Å². The first kappa shape index (κ1) is 14.2. The van der Waals surface area contributed by atoms with E-state index in [0.29, 0.717) is 5.56 Å². The van der Waals surface area contributed by atoms with E-state index in [-0.39, 0.29) is 16.7 Å². The number of halogens is 1. The molecule has 0 saturated carbocycles. The van der Waals surface area contributed by atoms with Crippen LogP contribution in [0.5, 0.6) is 0 Å². The van der Waals surface area contributed by atoms with E-state index < -0.39 is 16.2 Å². The minimum Gasteiger partial charge on any atom is -0.303 e. The van der Waals surface area contributed by atoms with Gasteiger partial charge in [-0.15, -0.1) is 0 Å². The summed E-state index contributed by atoms with van der Waals surface area (Å²) in [6, 6.07) is 5.75. The average Bonchev–Trinajstić information content (AvgIpc) is 2.40. The van der Waals surface area contributed by atoms with E-state index in [1.165, 1.54) is 36.0 Å². The summed E-state index contributed by atoms with van der Waals surface area (Å²) >= 11 is 3.14. The van der Waals surface area contributed by atoms with E-state index >= 15 is 0 Å². The molecule has 0 saturated heterocycles. The van der Waals surface area contributed by atoms with Crippen LogP contribution in [0.15, 0.2) is 44.5 Å². The van der Waals surface area contributed by atoms with E-state index in [0.717, 1.165) is 4.57 Å². The van der Waals surface area contributed by atoms with Gasteiger partial charge in [-0.3, -0.25) is 19.5 Å². The Morgan fingerprint density at radius 1 is 1.30 bits per heavy atom. The molecule has 0 aliphatic carbocycles. The molecule has 1 aromatic carbocycles. The summed E-state index contributed by atoms with van der Waals surface area (Å²) in [5.41, 5.74) is -0.546. The molecular formula is C12H10BrN3O4. The van der Waals surface area contributed by atoms with Gasteiger partial charge in [0.05, 0.1) is 11.5 Å². The summed E-state index contributed by atoms with van der Waals surface area (Å²) in [7, 11) is 1.53. The fourth-order valence-electron chi connectivity index (χ4n) is 1.76. The van der Waals surface area contributed by atoms with Crippen molar-refractivity contribution in [2.75, 3.05) is 0 Å². The molecule has 0 aliphatic heterocycles. The number of nitro groups is 1. The maximum absolute atomic E-state index is 11.9. The maximum atomic E-state index is 11.9. The topological polar surface area (TPSA) is 87.1 Å². The first-order valence-corrected chi connectivity index (χ1v) is 6.39. The smallest absolute Gasteiger partial charge is 0.303 e. The normalized spacial score (nSPS) is 10.5. The number of nitrogens with zero attached hydrogens (tertiary/aromatic N) is 3. The van der Waals surface area contributed by atoms with Crippen molar-refractivity contribution in [3.8, 4) is 0 Å². The third-order valence-corrected chi connectivity index (χ3v) is 3.74. The highest BCUT2D eigenvalue weighted by Gasteiger charge is 2.16. The van der Waals surface area contributed by atoms with Crippen LogP contribution < -0.4 is 11.2 Å². The van der Waals surface area contributed by atoms with Gasteiger partial charge in [-0.25, -0.2) is 4.79 Å². The zero-order valence-corrected chi connectivity index (χ0v) is 12.0. The fraction of sp³-hybridized carbons (Fsp3) is 0.167. The lowest BCUT2D eigenvalue weighted by Gasteiger charge is -2.08. The van der Waals surface area contributed by atoms with Crippen LogP contribution in [-0.2, 0) is 13.6 Å². The van der Waals surface area contributed by atoms with E-state index in [9.17, 15) is 19.7 Å². The molecule has 0 unspecified atom stereocenters. The van der Waals surface area contributed by atoms with Crippen molar-refractivity contribution in [3.63, 3.8) is 0 Å². The van der Waals surface area contributed by atoms with Gasteiger partial charge >= 0.3 is 5.69 Å². The summed E-state index contributed by atoms with van der Waals surface area (Å²) in [5, 5.41) is 10.9. The van der Waals surface area contributed by atoms with Crippen LogP contribution in [0.25, 0.3) is 0 Å². The van der Waals surface area contributed by atoms with Gasteiger partial charge in [-0.2, -0.15) is 0 Å². The lowest BCUT2D eigenvalue weighted by atomic mass is 10.2. The maximum Gasteiger partial charge on any atom is 0.331 e. The molecule has 0 aliphatic rings. The monoisotopic (exact) mass is 339 g/mol. The lowest BCUT2D eigenvalue weighted by molar-refractivity contribution is -0.385. The zero-order valence-electron chi connectivity index (χ0n) is 10.4. The third-order valence-electron chi connectivity index (χ3n) is 2.82. The van der Waals surface area contributed by atoms with Crippen LogP contribution in [0.4, 0.5) is 5.69 Å². The van der Waals surface area contributed by atoms with Crippen LogP contribution in [0.2, 0.25) is 0 Å². The van der Waals surface area contributed by atoms with Crippen LogP contribution in [-0.4, -0.2) is 14.1 Å². The number of aryl methyl sites for hydroxylation is 1. The first-order chi connectivity index (χ1) is 9.41. The number of aromatic nitrogens is 2. The molecule has 0 radical (unpaired) electrons. The molecule has 0 N–H and O–H groups in total. The second-order valence-corrected chi connectivity index (χ2v) is 4.93. The van der Waals surface area contributed by atoms with Crippen molar-refractivity contribution in [1.82, 2.24) is 9.13 Å². The Hall–Kier alpha value is -2.22. The van der Waals surface area contributed by atoms with Crippen molar-refractivity contribution < 1.29 is 4.92 Å². The Bertz CT molecular complexity index is 794. The van der Waals surface area contributed by atoms with Crippen LogP contribution in [0, 0.1) is 10.1 Å². The lowest BCUT2D eigenvalue weighted by Crippen LogP contribution is -2.38. The fourth-order valence-corrected chi connectivity index (χ4v) is 2.29. The molecule has 2 rings (SSSR count). The Kier molecular flexibility index (Phi) is 3.84. The standard InChI is InChI=1S/C12H10BrN3O4/c1-14-6-5-10(17)15(12(14)18)7-8-3-2-4-9(11(8)13)16(19)20/h2-6H,7H2,1H3. The molecule has 7 nitrogen and oxygen atoms in total. The number of hydrogen-bond donors (Lipinski definition) is 0. The van der Waals surface area contributed by atoms with E-state index in [4.69, 9.17) is 0 Å². The Morgan fingerprint density at radius 2 is 2.00 bits per heavy atom. The SMILES string of the molecule is Cn1ccc(=O)n(Cc2cccc([N+](=O)[O-])c2Br)c1=O. The van der Waals surface area contributed by atoms with Gasteiger partial charge in [0, 0.05) is 25.4 Å². The van der Waals surface area contributed by atoms with Gasteiger partial charge in [0.15, 0.2) is 0 Å². The van der Waals surface area contributed by atoms with E-state index in [2.05, 4.69) is 15.9 Å². The van der Waals surface area contributed by atoms with Crippen molar-refractivity contribution in [2.24, 2.45) is 7.05 Å². The molecule has 0 atom stereocenters. The second-order valence-electron chi connectivity index (χ2n) is 4.14. The highest BCUT2D eigenvalue weighted by molar-refractivity contribution is 9.10. The number of benzene rings is 1. The molecule has 2 aromatic rings. The number of hydrogen-bond acceptors (Lipinski definition) is 4. The van der Waals surface area contributed by atoms with Crippen molar-refractivity contribution >= 4 is 21.6 Å². The third kappa shape index (κ3) is 2.55. The van der Waals surface area contributed by atoms with Gasteiger partial charge in [-0.05, 0) is 21.5 Å². The summed E-state index contributed by atoms with van der Waals surface area (Å²) in [4.78, 5) is 34.0. The molecule has 0 bridgehead atoms. The van der Waals surface area contributed by atoms with Gasteiger partial charge in [0.1, 0.15) is 4.47 Å². The zero-order chi connectivity index (χ0) is 14.9. The predicted molar refractivity (Wildman–Crippen MR) is 75.8 cm³/mol. The highest BCUT2D eigenvalue weighted by Crippen LogP contribution is 2.28. The molecule has 0 spiro atoms. The number of nitro benzene ring substituents is 1. The summed E-state index contributed by atoms with van der Waals surface area (Å²) in [6.07, 6.45) is 1.38. The van der Waals surface area contributed by atoms with Crippen LogP contribution in [0.1, 0.15) is 5.56 Å². The molecule has 0 amide bonds. The second kappa shape index (κ2) is 5.41. The summed E-state index contributed by atoms with van der Waals surface area (Å²) in [5.74, 6) is 0. The van der Waals surface area contributed by atoms with Gasteiger partial charge in [-0.1, -0.05) is 12.1 Å². The molecule has 1 heterocycles. The first-order valence-electron chi connectivity index (χ1n) is 5.60. The highest BCUT2D eigenvalue weighted by atomic mass is 79.9. The Balaban J connectivity index is 2.54. The molecule has 0 fully saturated rings. The Morgan fingerprint density at radius 3 is 2.65 bits per heavy atom. The van der Waals surface area contributed by atoms with E-state index in [1.54, 1.807) is 6.07 Å². The van der Waals surface area contributed by atoms with Crippen molar-refractivity contribution in [3.05, 3.63) is 71.5 Å². The van der Waals surface area contributed by atoms with Gasteiger partial charge in [0.25, 0.3) is 11.2 Å². The molecule has 20 heavy (non-hydrogen) atoms. The van der Waals surface area contributed by atoms with Crippen LogP contribution >= 0.6 is 15.9 Å². The van der Waals surface area contributed by atoms with Crippen molar-refractivity contribution in [1.29, 1.82) is 0 Å². The molecule has 1 aromatic heterocycles. The summed E-state index contributed by atoms with van der Waals surface area (Å²) < 4.78 is 2.55. The van der Waals surface area contributed by atoms with Crippen LogP contribution in [0.3, 0.4) is 0 Å². The number of rotatable bonds is 3. The molecular weight excluding hydrogens is 330 g/mol. The average molecular weight is 340 g/mol. The van der Waals surface area contributed by atoms with E-state index in [1.807, 2.05) is 0 Å².